The Hall–Kier alpha value is -3.27. The fourth-order valence-electron chi connectivity index (χ4n) is 2.83. The van der Waals surface area contributed by atoms with Gasteiger partial charge >= 0.3 is 0 Å². The second kappa shape index (κ2) is 6.56. The molecule has 10 heteroatoms. The molecular weight excluding hydrogens is 342 g/mol. The Labute approximate surface area is 148 Å². The third-order valence-corrected chi connectivity index (χ3v) is 4.17. The van der Waals surface area contributed by atoms with Gasteiger partial charge in [0, 0.05) is 6.54 Å². The Morgan fingerprint density at radius 2 is 2.15 bits per heavy atom. The van der Waals surface area contributed by atoms with Crippen molar-refractivity contribution in [3.05, 3.63) is 40.4 Å². The zero-order chi connectivity index (χ0) is 18.9. The summed E-state index contributed by atoms with van der Waals surface area (Å²) in [6.07, 6.45) is 1.23. The van der Waals surface area contributed by atoms with E-state index in [1.807, 2.05) is 0 Å². The number of amides is 1. The molecule has 0 radical (unpaired) electrons. The number of nitrogens with zero attached hydrogens (tertiary/aromatic N) is 2. The monoisotopic (exact) mass is 361 g/mol. The van der Waals surface area contributed by atoms with Crippen LogP contribution >= 0.6 is 0 Å². The lowest BCUT2D eigenvalue weighted by Gasteiger charge is -2.32. The summed E-state index contributed by atoms with van der Waals surface area (Å²) < 4.78 is 0. The van der Waals surface area contributed by atoms with Crippen LogP contribution in [0.4, 0.5) is 11.5 Å². The lowest BCUT2D eigenvalue weighted by atomic mass is 9.91. The first kappa shape index (κ1) is 17.5. The van der Waals surface area contributed by atoms with Gasteiger partial charge in [-0.25, -0.2) is 4.98 Å². The Morgan fingerprint density at radius 3 is 2.85 bits per heavy atom. The molecule has 0 bridgehead atoms. The fourth-order valence-corrected chi connectivity index (χ4v) is 2.83. The smallest absolute Gasteiger partial charge is 0.276 e. The van der Waals surface area contributed by atoms with Crippen molar-refractivity contribution in [3.63, 3.8) is 0 Å². The number of fused-ring (bicyclic) bond motifs is 1. The highest BCUT2D eigenvalue weighted by Crippen LogP contribution is 2.34. The van der Waals surface area contributed by atoms with Crippen molar-refractivity contribution in [1.29, 1.82) is 0 Å². The van der Waals surface area contributed by atoms with E-state index in [-0.39, 0.29) is 42.3 Å². The number of aromatic nitrogens is 2. The number of carbonyl (C=O) groups excluding carboxylic acids is 1. The highest BCUT2D eigenvalue weighted by Gasteiger charge is 2.42. The summed E-state index contributed by atoms with van der Waals surface area (Å²) in [5.74, 6) is -1.20. The van der Waals surface area contributed by atoms with E-state index in [0.717, 1.165) is 6.07 Å². The SMILES string of the molecule is CCNC(=O)C(O)(CN1CNc2c1nc[nH]c2=O)c1ccc(O)c(O)c1. The van der Waals surface area contributed by atoms with Crippen molar-refractivity contribution >= 4 is 17.4 Å². The van der Waals surface area contributed by atoms with E-state index in [4.69, 9.17) is 0 Å². The summed E-state index contributed by atoms with van der Waals surface area (Å²) in [6, 6.07) is 3.66. The summed E-state index contributed by atoms with van der Waals surface area (Å²) in [4.78, 5) is 32.5. The molecular formula is C16H19N5O5. The minimum Gasteiger partial charge on any atom is -0.504 e. The fraction of sp³-hybridized carbons (Fsp3) is 0.312. The van der Waals surface area contributed by atoms with E-state index in [9.17, 15) is 24.9 Å². The molecule has 1 aliphatic heterocycles. The zero-order valence-electron chi connectivity index (χ0n) is 14.0. The number of aromatic hydroxyl groups is 2. The topological polar surface area (TPSA) is 151 Å². The van der Waals surface area contributed by atoms with E-state index in [1.165, 1.54) is 18.5 Å². The van der Waals surface area contributed by atoms with Gasteiger partial charge in [0.25, 0.3) is 11.5 Å². The quantitative estimate of drug-likeness (QED) is 0.386. The standard InChI is InChI=1S/C16H19N5O5/c1-2-17-15(25)16(26,9-3-4-10(22)11(23)5-9)6-21-8-20-12-13(21)18-7-19-14(12)24/h3-5,7,20,22-23,26H,2,6,8H2,1H3,(H,17,25)(H,18,19,24). The van der Waals surface area contributed by atoms with Crippen molar-refractivity contribution < 1.29 is 20.1 Å². The molecule has 6 N–H and O–H groups in total. The molecule has 2 aromatic rings. The van der Waals surface area contributed by atoms with Crippen molar-refractivity contribution in [3.8, 4) is 11.5 Å². The first-order valence-corrected chi connectivity index (χ1v) is 7.96. The molecule has 1 aromatic heterocycles. The maximum absolute atomic E-state index is 12.6. The summed E-state index contributed by atoms with van der Waals surface area (Å²) in [5.41, 5.74) is -2.06. The predicted molar refractivity (Wildman–Crippen MR) is 93.0 cm³/mol. The second-order valence-electron chi connectivity index (χ2n) is 5.89. The molecule has 138 valence electrons. The lowest BCUT2D eigenvalue weighted by Crippen LogP contribution is -2.52. The molecule has 3 rings (SSSR count). The second-order valence-corrected chi connectivity index (χ2v) is 5.89. The van der Waals surface area contributed by atoms with Gasteiger partial charge in [0.05, 0.1) is 19.5 Å². The highest BCUT2D eigenvalue weighted by atomic mass is 16.3. The molecule has 0 aliphatic carbocycles. The van der Waals surface area contributed by atoms with Crippen LogP contribution in [-0.4, -0.2) is 51.0 Å². The molecule has 1 amide bonds. The van der Waals surface area contributed by atoms with E-state index in [0.29, 0.717) is 5.82 Å². The van der Waals surface area contributed by atoms with Crippen LogP contribution in [0.25, 0.3) is 0 Å². The number of phenolic OH excluding ortho intramolecular Hbond substituents is 2. The third-order valence-electron chi connectivity index (χ3n) is 4.17. The van der Waals surface area contributed by atoms with E-state index >= 15 is 0 Å². The number of phenols is 2. The minimum atomic E-state index is -2.05. The summed E-state index contributed by atoms with van der Waals surface area (Å²) >= 11 is 0. The molecule has 1 aromatic carbocycles. The number of β-amino-alcohol motifs (C(OH)–C–C–N with tert-alkyl or cyclic N) is 1. The van der Waals surface area contributed by atoms with Gasteiger partial charge < -0.3 is 35.8 Å². The maximum Gasteiger partial charge on any atom is 0.276 e. The Kier molecular flexibility index (Phi) is 4.43. The number of hydrogen-bond acceptors (Lipinski definition) is 8. The van der Waals surface area contributed by atoms with Gasteiger partial charge in [0.1, 0.15) is 5.69 Å². The molecule has 0 saturated heterocycles. The number of benzene rings is 1. The van der Waals surface area contributed by atoms with E-state index in [2.05, 4.69) is 20.6 Å². The summed E-state index contributed by atoms with van der Waals surface area (Å²) in [5, 5.41) is 35.8. The Balaban J connectivity index is 2.01. The van der Waals surface area contributed by atoms with Gasteiger partial charge in [-0.2, -0.15) is 0 Å². The van der Waals surface area contributed by atoms with Crippen LogP contribution < -0.4 is 21.1 Å². The van der Waals surface area contributed by atoms with Crippen LogP contribution in [0.5, 0.6) is 11.5 Å². The molecule has 26 heavy (non-hydrogen) atoms. The molecule has 0 saturated carbocycles. The molecule has 0 fully saturated rings. The van der Waals surface area contributed by atoms with Crippen molar-refractivity contribution in [2.75, 3.05) is 30.0 Å². The van der Waals surface area contributed by atoms with Crippen molar-refractivity contribution in [2.45, 2.75) is 12.5 Å². The van der Waals surface area contributed by atoms with Crippen LogP contribution in [0.3, 0.4) is 0 Å². The minimum absolute atomic E-state index is 0.0945. The number of hydrogen-bond donors (Lipinski definition) is 6. The average Bonchev–Trinajstić information content (AvgIpc) is 3.01. The molecule has 1 aliphatic rings. The lowest BCUT2D eigenvalue weighted by molar-refractivity contribution is -0.139. The van der Waals surface area contributed by atoms with Crippen LogP contribution in [0, 0.1) is 0 Å². The van der Waals surface area contributed by atoms with Gasteiger partial charge in [-0.05, 0) is 24.6 Å². The van der Waals surface area contributed by atoms with Crippen LogP contribution in [0.2, 0.25) is 0 Å². The van der Waals surface area contributed by atoms with Crippen LogP contribution in [0.1, 0.15) is 12.5 Å². The average molecular weight is 361 g/mol. The molecule has 1 unspecified atom stereocenters. The number of anilines is 2. The maximum atomic E-state index is 12.6. The van der Waals surface area contributed by atoms with Gasteiger partial charge in [-0.15, -0.1) is 0 Å². The number of nitrogens with one attached hydrogen (secondary N) is 3. The van der Waals surface area contributed by atoms with Crippen LogP contribution in [-0.2, 0) is 10.4 Å². The first-order chi connectivity index (χ1) is 12.4. The number of rotatable bonds is 5. The zero-order valence-corrected chi connectivity index (χ0v) is 14.0. The van der Waals surface area contributed by atoms with E-state index in [1.54, 1.807) is 11.8 Å². The Bertz CT molecular complexity index is 899. The van der Waals surface area contributed by atoms with Gasteiger partial charge in [-0.1, -0.05) is 6.07 Å². The molecule has 10 nitrogen and oxygen atoms in total. The predicted octanol–water partition coefficient (Wildman–Crippen LogP) is -0.606. The van der Waals surface area contributed by atoms with Crippen molar-refractivity contribution in [2.24, 2.45) is 0 Å². The highest BCUT2D eigenvalue weighted by molar-refractivity contribution is 5.87. The number of aliphatic hydroxyl groups is 1. The van der Waals surface area contributed by atoms with Crippen molar-refractivity contribution in [1.82, 2.24) is 15.3 Å². The summed E-state index contributed by atoms with van der Waals surface area (Å²) in [7, 11) is 0. The van der Waals surface area contributed by atoms with Crippen LogP contribution in [0.15, 0.2) is 29.3 Å². The number of likely N-dealkylation sites (N-methyl/N-ethyl adjacent to an activating group) is 1. The Morgan fingerprint density at radius 1 is 1.38 bits per heavy atom. The normalized spacial score (nSPS) is 15.1. The number of aromatic amines is 1. The number of H-pyrrole nitrogens is 1. The van der Waals surface area contributed by atoms with E-state index < -0.39 is 17.3 Å². The molecule has 1 atom stereocenters. The molecule has 2 heterocycles. The van der Waals surface area contributed by atoms with Gasteiger partial charge in [0.2, 0.25) is 0 Å². The third kappa shape index (κ3) is 2.90. The number of carbonyl (C=O) groups is 1. The largest absolute Gasteiger partial charge is 0.504 e. The van der Waals surface area contributed by atoms with Gasteiger partial charge in [-0.3, -0.25) is 9.59 Å². The van der Waals surface area contributed by atoms with Gasteiger partial charge in [0.15, 0.2) is 22.9 Å². The first-order valence-electron chi connectivity index (χ1n) is 7.96. The molecule has 0 spiro atoms. The summed E-state index contributed by atoms with van der Waals surface area (Å²) in [6.45, 7) is 1.94.